The van der Waals surface area contributed by atoms with Crippen LogP contribution in [0.15, 0.2) is 65.6 Å². The number of hydrogen-bond donors (Lipinski definition) is 0. The van der Waals surface area contributed by atoms with Crippen molar-refractivity contribution in [1.29, 1.82) is 0 Å². The third kappa shape index (κ3) is 2.59. The van der Waals surface area contributed by atoms with Gasteiger partial charge in [0.1, 0.15) is 5.82 Å². The van der Waals surface area contributed by atoms with Crippen molar-refractivity contribution in [3.05, 3.63) is 66.9 Å². The van der Waals surface area contributed by atoms with Gasteiger partial charge in [-0.2, -0.15) is 10.1 Å². The number of rotatable bonds is 3. The summed E-state index contributed by atoms with van der Waals surface area (Å²) in [7, 11) is 0. The zero-order valence-corrected chi connectivity index (χ0v) is 11.8. The minimum Gasteiger partial charge on any atom is -0.334 e. The summed E-state index contributed by atoms with van der Waals surface area (Å²) in [6, 6.07) is 11.3. The van der Waals surface area contributed by atoms with Gasteiger partial charge in [-0.3, -0.25) is 0 Å². The summed E-state index contributed by atoms with van der Waals surface area (Å²) in [5, 5.41) is 8.05. The van der Waals surface area contributed by atoms with Gasteiger partial charge in [-0.15, -0.1) is 0 Å². The lowest BCUT2D eigenvalue weighted by atomic mass is 10.2. The maximum atomic E-state index is 12.9. The van der Waals surface area contributed by atoms with Gasteiger partial charge in [0.15, 0.2) is 5.82 Å². The normalized spacial score (nSPS) is 10.8. The van der Waals surface area contributed by atoms with Gasteiger partial charge in [0.05, 0.1) is 0 Å². The first kappa shape index (κ1) is 13.3. The predicted molar refractivity (Wildman–Crippen MR) is 80.0 cm³/mol. The van der Waals surface area contributed by atoms with E-state index in [0.717, 1.165) is 5.56 Å². The van der Waals surface area contributed by atoms with Crippen molar-refractivity contribution in [2.45, 2.75) is 0 Å². The van der Waals surface area contributed by atoms with E-state index in [0.29, 0.717) is 23.1 Å². The van der Waals surface area contributed by atoms with Gasteiger partial charge >= 0.3 is 0 Å². The molecule has 4 aromatic rings. The van der Waals surface area contributed by atoms with E-state index in [4.69, 9.17) is 4.52 Å². The molecule has 3 heterocycles. The minimum atomic E-state index is -0.313. The molecule has 0 aliphatic carbocycles. The zero-order valence-electron chi connectivity index (χ0n) is 11.8. The van der Waals surface area contributed by atoms with Gasteiger partial charge in [0, 0.05) is 29.7 Å². The molecule has 7 heteroatoms. The molecule has 4 rings (SSSR count). The highest BCUT2D eigenvalue weighted by Gasteiger charge is 2.11. The van der Waals surface area contributed by atoms with Crippen LogP contribution in [0.1, 0.15) is 0 Å². The zero-order chi connectivity index (χ0) is 15.6. The maximum absolute atomic E-state index is 12.9. The fourth-order valence-corrected chi connectivity index (χ4v) is 2.11. The first-order chi connectivity index (χ1) is 11.3. The van der Waals surface area contributed by atoms with Crippen molar-refractivity contribution < 1.29 is 8.91 Å². The van der Waals surface area contributed by atoms with Crippen LogP contribution >= 0.6 is 0 Å². The molecule has 23 heavy (non-hydrogen) atoms. The smallest absolute Gasteiger partial charge is 0.258 e. The third-order valence-corrected chi connectivity index (χ3v) is 3.26. The average molecular weight is 307 g/mol. The molecule has 0 aliphatic rings. The lowest BCUT2D eigenvalue weighted by Crippen LogP contribution is -1.97. The Bertz CT molecular complexity index is 914. The molecule has 0 N–H and O–H groups in total. The summed E-state index contributed by atoms with van der Waals surface area (Å²) in [5.74, 6) is 1.13. The summed E-state index contributed by atoms with van der Waals surface area (Å²) < 4.78 is 19.8. The van der Waals surface area contributed by atoms with E-state index in [1.807, 2.05) is 24.4 Å². The molecule has 0 amide bonds. The fraction of sp³-hybridized carbons (Fsp3) is 0. The molecule has 1 aromatic carbocycles. The van der Waals surface area contributed by atoms with E-state index in [-0.39, 0.29) is 5.82 Å². The molecule has 0 unspecified atom stereocenters. The molecule has 6 nitrogen and oxygen atoms in total. The van der Waals surface area contributed by atoms with Crippen molar-refractivity contribution in [3.63, 3.8) is 0 Å². The second-order valence-electron chi connectivity index (χ2n) is 4.79. The van der Waals surface area contributed by atoms with Crippen LogP contribution in [0.3, 0.4) is 0 Å². The number of hydrogen-bond acceptors (Lipinski definition) is 5. The number of benzene rings is 1. The van der Waals surface area contributed by atoms with Crippen LogP contribution in [0.2, 0.25) is 0 Å². The van der Waals surface area contributed by atoms with Crippen LogP contribution in [-0.4, -0.2) is 24.9 Å². The number of pyridine rings is 1. The van der Waals surface area contributed by atoms with Crippen LogP contribution in [0, 0.1) is 5.82 Å². The van der Waals surface area contributed by atoms with Gasteiger partial charge in [0.2, 0.25) is 5.82 Å². The highest BCUT2D eigenvalue weighted by Crippen LogP contribution is 2.22. The van der Waals surface area contributed by atoms with Crippen LogP contribution in [0.4, 0.5) is 4.39 Å². The second kappa shape index (κ2) is 5.45. The number of halogens is 1. The molecule has 0 saturated heterocycles. The molecule has 0 atom stereocenters. The Kier molecular flexibility index (Phi) is 3.16. The van der Waals surface area contributed by atoms with E-state index in [1.54, 1.807) is 29.2 Å². The second-order valence-corrected chi connectivity index (χ2v) is 4.79. The van der Waals surface area contributed by atoms with Gasteiger partial charge in [-0.25, -0.2) is 14.1 Å². The van der Waals surface area contributed by atoms with Crippen molar-refractivity contribution in [2.24, 2.45) is 0 Å². The Morgan fingerprint density at radius 2 is 1.83 bits per heavy atom. The van der Waals surface area contributed by atoms with E-state index >= 15 is 0 Å². The van der Waals surface area contributed by atoms with E-state index in [1.165, 1.54) is 12.1 Å². The van der Waals surface area contributed by atoms with E-state index in [9.17, 15) is 4.39 Å². The average Bonchev–Trinajstić information content (AvgIpc) is 3.28. The standard InChI is InChI=1S/C16H10FN5O/c17-13-5-2-11(3-6-13)16-20-15(21-23-16)12-4-7-14(18-10-12)22-9-1-8-19-22/h1-10H. The molecule has 0 saturated carbocycles. The van der Waals surface area contributed by atoms with Gasteiger partial charge in [-0.1, -0.05) is 5.16 Å². The molecule has 3 aromatic heterocycles. The topological polar surface area (TPSA) is 69.6 Å². The summed E-state index contributed by atoms with van der Waals surface area (Å²) in [6.07, 6.45) is 5.14. The van der Waals surface area contributed by atoms with Crippen LogP contribution in [-0.2, 0) is 0 Å². The third-order valence-electron chi connectivity index (χ3n) is 3.26. The van der Waals surface area contributed by atoms with Crippen molar-refractivity contribution in [1.82, 2.24) is 24.9 Å². The van der Waals surface area contributed by atoms with E-state index < -0.39 is 0 Å². The Hall–Kier alpha value is -3.35. The van der Waals surface area contributed by atoms with Crippen molar-refractivity contribution in [3.8, 4) is 28.7 Å². The van der Waals surface area contributed by atoms with Gasteiger partial charge in [-0.05, 0) is 42.5 Å². The Balaban J connectivity index is 1.62. The number of aromatic nitrogens is 5. The lowest BCUT2D eigenvalue weighted by Gasteiger charge is -2.00. The maximum Gasteiger partial charge on any atom is 0.258 e. The molecule has 0 radical (unpaired) electrons. The lowest BCUT2D eigenvalue weighted by molar-refractivity contribution is 0.432. The highest BCUT2D eigenvalue weighted by atomic mass is 19.1. The molecule has 0 bridgehead atoms. The molecule has 0 fully saturated rings. The van der Waals surface area contributed by atoms with Crippen molar-refractivity contribution in [2.75, 3.05) is 0 Å². The predicted octanol–water partition coefficient (Wildman–Crippen LogP) is 3.12. The van der Waals surface area contributed by atoms with Crippen molar-refractivity contribution >= 4 is 0 Å². The Morgan fingerprint density at radius 1 is 1.00 bits per heavy atom. The molecule has 0 aliphatic heterocycles. The quantitative estimate of drug-likeness (QED) is 0.581. The monoisotopic (exact) mass is 307 g/mol. The van der Waals surface area contributed by atoms with E-state index in [2.05, 4.69) is 20.2 Å². The Labute approximate surface area is 130 Å². The molecular formula is C16H10FN5O. The summed E-state index contributed by atoms with van der Waals surface area (Å²) in [4.78, 5) is 8.63. The summed E-state index contributed by atoms with van der Waals surface area (Å²) in [6.45, 7) is 0. The minimum absolute atomic E-state index is 0.313. The fourth-order valence-electron chi connectivity index (χ4n) is 2.11. The summed E-state index contributed by atoms with van der Waals surface area (Å²) >= 11 is 0. The first-order valence-corrected chi connectivity index (χ1v) is 6.86. The highest BCUT2D eigenvalue weighted by molar-refractivity contribution is 5.59. The Morgan fingerprint density at radius 3 is 2.52 bits per heavy atom. The van der Waals surface area contributed by atoms with Crippen LogP contribution < -0.4 is 0 Å². The first-order valence-electron chi connectivity index (χ1n) is 6.86. The van der Waals surface area contributed by atoms with Gasteiger partial charge in [0.25, 0.3) is 5.89 Å². The van der Waals surface area contributed by atoms with Crippen LogP contribution in [0.5, 0.6) is 0 Å². The molecular weight excluding hydrogens is 297 g/mol. The largest absolute Gasteiger partial charge is 0.334 e. The molecule has 112 valence electrons. The van der Waals surface area contributed by atoms with Crippen LogP contribution in [0.25, 0.3) is 28.7 Å². The summed E-state index contributed by atoms with van der Waals surface area (Å²) in [5.41, 5.74) is 1.38. The molecule has 0 spiro atoms. The SMILES string of the molecule is Fc1ccc(-c2nc(-c3ccc(-n4cccn4)nc3)no2)cc1. The van der Waals surface area contributed by atoms with Gasteiger partial charge < -0.3 is 4.52 Å². The number of nitrogens with zero attached hydrogens (tertiary/aromatic N) is 5.